The number of halogens is 1. The minimum atomic E-state index is 0.647. The topological polar surface area (TPSA) is 30.8 Å². The van der Waals surface area contributed by atoms with Crippen molar-refractivity contribution in [2.24, 2.45) is 10.9 Å². The van der Waals surface area contributed by atoms with Crippen LogP contribution in [0, 0.1) is 12.8 Å². The van der Waals surface area contributed by atoms with Gasteiger partial charge in [-0.05, 0) is 60.7 Å². The van der Waals surface area contributed by atoms with E-state index >= 15 is 0 Å². The molecule has 0 N–H and O–H groups in total. The Bertz CT molecular complexity index is 694. The highest BCUT2D eigenvalue weighted by atomic mass is 35.5. The summed E-state index contributed by atoms with van der Waals surface area (Å²) in [5.41, 5.74) is 2.73. The maximum Gasteiger partial charge on any atom is 0.145 e. The van der Waals surface area contributed by atoms with Gasteiger partial charge in [0.1, 0.15) is 17.2 Å². The Morgan fingerprint density at radius 3 is 2.50 bits per heavy atom. The van der Waals surface area contributed by atoms with E-state index in [0.29, 0.717) is 16.7 Å². The van der Waals surface area contributed by atoms with Crippen molar-refractivity contribution >= 4 is 23.5 Å². The molecule has 0 saturated carbocycles. The van der Waals surface area contributed by atoms with Gasteiger partial charge < -0.3 is 9.47 Å². The van der Waals surface area contributed by atoms with E-state index in [1.807, 2.05) is 43.5 Å². The number of hydrogen-bond donors (Lipinski definition) is 0. The zero-order valence-corrected chi connectivity index (χ0v) is 15.4. The summed E-state index contributed by atoms with van der Waals surface area (Å²) in [5.74, 6) is 2.19. The molecule has 2 aromatic rings. The van der Waals surface area contributed by atoms with E-state index < -0.39 is 0 Å². The van der Waals surface area contributed by atoms with Gasteiger partial charge in [-0.25, -0.2) is 0 Å². The highest BCUT2D eigenvalue weighted by Crippen LogP contribution is 2.33. The van der Waals surface area contributed by atoms with E-state index in [2.05, 4.69) is 18.8 Å². The van der Waals surface area contributed by atoms with Crippen LogP contribution in [0.3, 0.4) is 0 Å². The molecule has 0 spiro atoms. The zero-order chi connectivity index (χ0) is 17.5. The van der Waals surface area contributed by atoms with Crippen molar-refractivity contribution in [1.82, 2.24) is 0 Å². The lowest BCUT2D eigenvalue weighted by Crippen LogP contribution is -2.01. The third kappa shape index (κ3) is 5.27. The molecule has 0 aliphatic heterocycles. The van der Waals surface area contributed by atoms with Crippen molar-refractivity contribution in [3.63, 3.8) is 0 Å². The lowest BCUT2D eigenvalue weighted by molar-refractivity contribution is 0.289. The highest BCUT2D eigenvalue weighted by Gasteiger charge is 2.05. The molecule has 0 saturated heterocycles. The number of nitrogens with zero attached hydrogens (tertiary/aromatic N) is 1. The average molecular weight is 346 g/mol. The highest BCUT2D eigenvalue weighted by molar-refractivity contribution is 6.31. The van der Waals surface area contributed by atoms with E-state index in [0.717, 1.165) is 35.6 Å². The summed E-state index contributed by atoms with van der Waals surface area (Å²) in [4.78, 5) is 4.51. The molecule has 0 aliphatic rings. The normalized spacial score (nSPS) is 11.2. The van der Waals surface area contributed by atoms with Crippen molar-refractivity contribution in [2.75, 3.05) is 13.7 Å². The maximum atomic E-state index is 6.11. The van der Waals surface area contributed by atoms with Crippen LogP contribution in [0.4, 0.5) is 5.69 Å². The first-order valence-electron chi connectivity index (χ1n) is 8.10. The molecule has 0 heterocycles. The summed E-state index contributed by atoms with van der Waals surface area (Å²) >= 11 is 6.11. The first-order valence-corrected chi connectivity index (χ1v) is 8.48. The van der Waals surface area contributed by atoms with Gasteiger partial charge in [0.2, 0.25) is 0 Å². The van der Waals surface area contributed by atoms with Gasteiger partial charge in [0.05, 0.1) is 13.7 Å². The van der Waals surface area contributed by atoms with Gasteiger partial charge >= 0.3 is 0 Å². The quantitative estimate of drug-likeness (QED) is 0.591. The number of benzene rings is 2. The SMILES string of the molecule is COc1cc(Cl)c(C)cc1N=Cc1ccc(OCCC(C)C)cc1. The second-order valence-electron chi connectivity index (χ2n) is 6.13. The van der Waals surface area contributed by atoms with Gasteiger partial charge in [-0.2, -0.15) is 0 Å². The van der Waals surface area contributed by atoms with E-state index in [4.69, 9.17) is 21.1 Å². The van der Waals surface area contributed by atoms with E-state index in [1.54, 1.807) is 13.2 Å². The molecule has 128 valence electrons. The Morgan fingerprint density at radius 2 is 1.88 bits per heavy atom. The zero-order valence-electron chi connectivity index (χ0n) is 14.7. The average Bonchev–Trinajstić information content (AvgIpc) is 2.56. The smallest absolute Gasteiger partial charge is 0.145 e. The van der Waals surface area contributed by atoms with Crippen LogP contribution in [0.1, 0.15) is 31.4 Å². The molecule has 3 nitrogen and oxygen atoms in total. The molecule has 24 heavy (non-hydrogen) atoms. The Labute approximate surface area is 149 Å². The van der Waals surface area contributed by atoms with Gasteiger partial charge in [0.25, 0.3) is 0 Å². The van der Waals surface area contributed by atoms with Crippen LogP contribution in [-0.2, 0) is 0 Å². The van der Waals surface area contributed by atoms with Gasteiger partial charge in [-0.15, -0.1) is 0 Å². The molecule has 0 amide bonds. The van der Waals surface area contributed by atoms with Crippen molar-refractivity contribution in [3.05, 3.63) is 52.5 Å². The van der Waals surface area contributed by atoms with E-state index in [9.17, 15) is 0 Å². The molecule has 0 aromatic heterocycles. The summed E-state index contributed by atoms with van der Waals surface area (Å²) < 4.78 is 11.1. The molecule has 0 bridgehead atoms. The molecule has 0 fully saturated rings. The molecule has 0 radical (unpaired) electrons. The molecule has 2 aromatic carbocycles. The summed E-state index contributed by atoms with van der Waals surface area (Å²) in [6.45, 7) is 7.07. The van der Waals surface area contributed by atoms with Crippen LogP contribution in [0.25, 0.3) is 0 Å². The second kappa shape index (κ2) is 8.74. The van der Waals surface area contributed by atoms with Crippen LogP contribution in [0.5, 0.6) is 11.5 Å². The molecule has 0 unspecified atom stereocenters. The molecule has 0 atom stereocenters. The number of aryl methyl sites for hydroxylation is 1. The molecule has 0 aliphatic carbocycles. The monoisotopic (exact) mass is 345 g/mol. The third-order valence-electron chi connectivity index (χ3n) is 3.66. The van der Waals surface area contributed by atoms with Crippen molar-refractivity contribution in [1.29, 1.82) is 0 Å². The third-order valence-corrected chi connectivity index (χ3v) is 4.06. The second-order valence-corrected chi connectivity index (χ2v) is 6.54. The predicted molar refractivity (Wildman–Crippen MR) is 101 cm³/mol. The van der Waals surface area contributed by atoms with Crippen LogP contribution >= 0.6 is 11.6 Å². The number of methoxy groups -OCH3 is 1. The summed E-state index contributed by atoms with van der Waals surface area (Å²) in [6, 6.07) is 11.6. The summed E-state index contributed by atoms with van der Waals surface area (Å²) in [5, 5.41) is 0.675. The molecular formula is C20H24ClNO2. The number of aliphatic imine (C=N–C) groups is 1. The van der Waals surface area contributed by atoms with Crippen LogP contribution in [0.15, 0.2) is 41.4 Å². The Hall–Kier alpha value is -2.00. The van der Waals surface area contributed by atoms with Crippen LogP contribution < -0.4 is 9.47 Å². The number of ether oxygens (including phenoxy) is 2. The van der Waals surface area contributed by atoms with Crippen molar-refractivity contribution < 1.29 is 9.47 Å². The minimum absolute atomic E-state index is 0.647. The first-order chi connectivity index (χ1) is 11.5. The van der Waals surface area contributed by atoms with Gasteiger partial charge in [-0.1, -0.05) is 25.4 Å². The van der Waals surface area contributed by atoms with E-state index in [-0.39, 0.29) is 0 Å². The van der Waals surface area contributed by atoms with Gasteiger partial charge in [-0.3, -0.25) is 4.99 Å². The van der Waals surface area contributed by atoms with Gasteiger partial charge in [0.15, 0.2) is 0 Å². The lowest BCUT2D eigenvalue weighted by atomic mass is 10.1. The van der Waals surface area contributed by atoms with Crippen molar-refractivity contribution in [3.8, 4) is 11.5 Å². The Kier molecular flexibility index (Phi) is 6.68. The number of rotatable bonds is 7. The fourth-order valence-electron chi connectivity index (χ4n) is 2.12. The fraction of sp³-hybridized carbons (Fsp3) is 0.350. The minimum Gasteiger partial charge on any atom is -0.494 e. The molecular weight excluding hydrogens is 322 g/mol. The summed E-state index contributed by atoms with van der Waals surface area (Å²) in [6.07, 6.45) is 2.86. The van der Waals surface area contributed by atoms with Crippen LogP contribution in [0.2, 0.25) is 5.02 Å². The first kappa shape index (κ1) is 18.3. The number of hydrogen-bond acceptors (Lipinski definition) is 3. The standard InChI is InChI=1S/C20H24ClNO2/c1-14(2)9-10-24-17-7-5-16(6-8-17)13-22-19-11-15(3)18(21)12-20(19)23-4/h5-8,11-14H,9-10H2,1-4H3. The summed E-state index contributed by atoms with van der Waals surface area (Å²) in [7, 11) is 1.61. The molecule has 2 rings (SSSR count). The van der Waals surface area contributed by atoms with Crippen LogP contribution in [-0.4, -0.2) is 19.9 Å². The van der Waals surface area contributed by atoms with E-state index in [1.165, 1.54) is 0 Å². The van der Waals surface area contributed by atoms with Gasteiger partial charge in [0, 0.05) is 17.3 Å². The predicted octanol–water partition coefficient (Wildman–Crippen LogP) is 5.83. The largest absolute Gasteiger partial charge is 0.494 e. The Morgan fingerprint density at radius 1 is 1.17 bits per heavy atom. The maximum absolute atomic E-state index is 6.11. The lowest BCUT2D eigenvalue weighted by Gasteiger charge is -2.08. The fourth-order valence-corrected chi connectivity index (χ4v) is 2.27. The molecule has 4 heteroatoms. The Balaban J connectivity index is 2.06. The van der Waals surface area contributed by atoms with Crippen molar-refractivity contribution in [2.45, 2.75) is 27.2 Å².